The van der Waals surface area contributed by atoms with Crippen molar-refractivity contribution >= 4 is 43.1 Å². The van der Waals surface area contributed by atoms with Gasteiger partial charge in [0.25, 0.3) is 0 Å². The van der Waals surface area contributed by atoms with Crippen LogP contribution in [0.4, 0.5) is 0 Å². The topological polar surface area (TPSA) is 0 Å². The van der Waals surface area contributed by atoms with Crippen LogP contribution in [0.25, 0.3) is 87.6 Å². The normalized spacial score (nSPS) is 13.3. The summed E-state index contributed by atoms with van der Waals surface area (Å²) < 4.78 is 0. The maximum Gasteiger partial charge on any atom is 0.0159 e. The molecule has 0 nitrogen and oxygen atoms in total. The fourth-order valence-electron chi connectivity index (χ4n) is 8.79. The molecule has 230 valence electrons. The lowest BCUT2D eigenvalue weighted by Gasteiger charge is -2.23. The summed E-state index contributed by atoms with van der Waals surface area (Å²) in [5.41, 5.74) is 13.1. The summed E-state index contributed by atoms with van der Waals surface area (Å²) in [5, 5.41) is 10.3. The number of hydrogen-bond donors (Lipinski definition) is 0. The minimum absolute atomic E-state index is 0.0824. The molecule has 0 amide bonds. The molecule has 0 bridgehead atoms. The van der Waals surface area contributed by atoms with Crippen LogP contribution in [0.3, 0.4) is 0 Å². The first kappa shape index (κ1) is 28.1. The minimum atomic E-state index is -0.0824. The Morgan fingerprint density at radius 3 is 1.71 bits per heavy atom. The molecule has 0 fully saturated rings. The standard InChI is InChI=1S/C49H34/c1-49(2)43-26-13-12-25-40(43)47-37-22-9-8-21-36(37)42(30-44(47)49)33-18-14-19-34(29-33)46-39-24-11-10-23-38(39)45(32-16-4-3-5-17-32)41-28-27-31-15-6-7-20-35(31)48(41)46/h3-30H,1-2H3. The van der Waals surface area contributed by atoms with Crippen molar-refractivity contribution in [3.8, 4) is 44.5 Å². The third kappa shape index (κ3) is 4.04. The zero-order chi connectivity index (χ0) is 32.7. The van der Waals surface area contributed by atoms with E-state index < -0.39 is 0 Å². The fraction of sp³-hybridized carbons (Fsp3) is 0.0612. The smallest absolute Gasteiger partial charge is 0.0159 e. The first-order chi connectivity index (χ1) is 24.1. The molecule has 0 unspecified atom stereocenters. The first-order valence-corrected chi connectivity index (χ1v) is 17.3. The van der Waals surface area contributed by atoms with E-state index in [9.17, 15) is 0 Å². The molecule has 10 rings (SSSR count). The van der Waals surface area contributed by atoms with Crippen LogP contribution in [0, 0.1) is 0 Å². The number of fused-ring (bicyclic) bond motifs is 9. The maximum atomic E-state index is 2.49. The Morgan fingerprint density at radius 2 is 0.918 bits per heavy atom. The summed E-state index contributed by atoms with van der Waals surface area (Å²) in [6, 6.07) is 63.1. The Kier molecular flexibility index (Phi) is 6.02. The van der Waals surface area contributed by atoms with Crippen molar-refractivity contribution in [3.05, 3.63) is 181 Å². The van der Waals surface area contributed by atoms with E-state index in [2.05, 4.69) is 184 Å². The van der Waals surface area contributed by atoms with Gasteiger partial charge < -0.3 is 0 Å². The monoisotopic (exact) mass is 622 g/mol. The van der Waals surface area contributed by atoms with Gasteiger partial charge in [-0.2, -0.15) is 0 Å². The van der Waals surface area contributed by atoms with Gasteiger partial charge in [0, 0.05) is 5.41 Å². The largest absolute Gasteiger partial charge is 0.0622 e. The average Bonchev–Trinajstić information content (AvgIpc) is 3.39. The second-order valence-electron chi connectivity index (χ2n) is 14.0. The van der Waals surface area contributed by atoms with Gasteiger partial charge in [0.05, 0.1) is 0 Å². The zero-order valence-corrected chi connectivity index (χ0v) is 27.7. The van der Waals surface area contributed by atoms with Gasteiger partial charge in [0.2, 0.25) is 0 Å². The fourth-order valence-corrected chi connectivity index (χ4v) is 8.79. The quantitative estimate of drug-likeness (QED) is 0.136. The molecule has 0 heteroatoms. The van der Waals surface area contributed by atoms with Crippen LogP contribution in [0.15, 0.2) is 170 Å². The van der Waals surface area contributed by atoms with E-state index in [1.165, 1.54) is 98.7 Å². The number of benzene rings is 9. The van der Waals surface area contributed by atoms with Crippen molar-refractivity contribution in [2.45, 2.75) is 19.3 Å². The van der Waals surface area contributed by atoms with Gasteiger partial charge >= 0.3 is 0 Å². The van der Waals surface area contributed by atoms with E-state index in [-0.39, 0.29) is 5.41 Å². The van der Waals surface area contributed by atoms with E-state index in [4.69, 9.17) is 0 Å². The lowest BCUT2D eigenvalue weighted by Crippen LogP contribution is -2.15. The lowest BCUT2D eigenvalue weighted by molar-refractivity contribution is 0.661. The SMILES string of the molecule is CC1(C)c2ccccc2-c2c1cc(-c1cccc(-c3c4ccccc4c(-c4ccccc4)c4ccc5ccccc5c34)c1)c1ccccc21. The van der Waals surface area contributed by atoms with E-state index in [0.717, 1.165) is 0 Å². The zero-order valence-electron chi connectivity index (χ0n) is 27.7. The molecule has 0 aromatic heterocycles. The molecule has 1 aliphatic rings. The molecular weight excluding hydrogens is 589 g/mol. The highest BCUT2D eigenvalue weighted by molar-refractivity contribution is 6.28. The van der Waals surface area contributed by atoms with Crippen molar-refractivity contribution < 1.29 is 0 Å². The van der Waals surface area contributed by atoms with Crippen molar-refractivity contribution in [2.75, 3.05) is 0 Å². The Labute approximate surface area is 286 Å². The summed E-state index contributed by atoms with van der Waals surface area (Å²) in [6.45, 7) is 4.76. The van der Waals surface area contributed by atoms with Crippen molar-refractivity contribution in [1.82, 2.24) is 0 Å². The number of hydrogen-bond acceptors (Lipinski definition) is 0. The van der Waals surface area contributed by atoms with Crippen LogP contribution in [-0.2, 0) is 5.41 Å². The molecular formula is C49H34. The van der Waals surface area contributed by atoms with Gasteiger partial charge in [-0.1, -0.05) is 172 Å². The molecule has 0 saturated carbocycles. The molecule has 0 aliphatic heterocycles. The second-order valence-corrected chi connectivity index (χ2v) is 14.0. The van der Waals surface area contributed by atoms with Gasteiger partial charge in [0.1, 0.15) is 0 Å². The van der Waals surface area contributed by atoms with Crippen LogP contribution >= 0.6 is 0 Å². The maximum absolute atomic E-state index is 2.49. The number of rotatable bonds is 3. The van der Waals surface area contributed by atoms with E-state index in [1.54, 1.807) is 0 Å². The van der Waals surface area contributed by atoms with E-state index in [1.807, 2.05) is 0 Å². The van der Waals surface area contributed by atoms with E-state index >= 15 is 0 Å². The molecule has 9 aromatic carbocycles. The summed E-state index contributed by atoms with van der Waals surface area (Å²) in [4.78, 5) is 0. The molecule has 0 heterocycles. The molecule has 0 saturated heterocycles. The van der Waals surface area contributed by atoms with Gasteiger partial charge in [-0.15, -0.1) is 0 Å². The minimum Gasteiger partial charge on any atom is -0.0622 e. The van der Waals surface area contributed by atoms with Crippen LogP contribution in [0.5, 0.6) is 0 Å². The van der Waals surface area contributed by atoms with Crippen LogP contribution in [0.1, 0.15) is 25.0 Å². The van der Waals surface area contributed by atoms with Gasteiger partial charge in [-0.25, -0.2) is 0 Å². The molecule has 0 N–H and O–H groups in total. The van der Waals surface area contributed by atoms with Crippen molar-refractivity contribution in [2.24, 2.45) is 0 Å². The third-order valence-corrected chi connectivity index (χ3v) is 11.0. The second kappa shape index (κ2) is 10.5. The summed E-state index contributed by atoms with van der Waals surface area (Å²) in [7, 11) is 0. The van der Waals surface area contributed by atoms with Crippen molar-refractivity contribution in [3.63, 3.8) is 0 Å². The van der Waals surface area contributed by atoms with Crippen molar-refractivity contribution in [1.29, 1.82) is 0 Å². The van der Waals surface area contributed by atoms with Crippen LogP contribution in [0.2, 0.25) is 0 Å². The molecule has 9 aromatic rings. The first-order valence-electron chi connectivity index (χ1n) is 17.3. The Hall–Kier alpha value is -5.98. The molecule has 0 radical (unpaired) electrons. The Morgan fingerprint density at radius 1 is 0.327 bits per heavy atom. The summed E-state index contributed by atoms with van der Waals surface area (Å²) >= 11 is 0. The van der Waals surface area contributed by atoms with Crippen LogP contribution in [-0.4, -0.2) is 0 Å². The highest BCUT2D eigenvalue weighted by Crippen LogP contribution is 2.53. The third-order valence-electron chi connectivity index (χ3n) is 11.0. The summed E-state index contributed by atoms with van der Waals surface area (Å²) in [5.74, 6) is 0. The summed E-state index contributed by atoms with van der Waals surface area (Å²) in [6.07, 6.45) is 0. The highest BCUT2D eigenvalue weighted by atomic mass is 14.4. The van der Waals surface area contributed by atoms with E-state index in [0.29, 0.717) is 0 Å². The van der Waals surface area contributed by atoms with Crippen LogP contribution < -0.4 is 0 Å². The highest BCUT2D eigenvalue weighted by Gasteiger charge is 2.37. The Balaban J connectivity index is 1.30. The lowest BCUT2D eigenvalue weighted by atomic mass is 9.80. The average molecular weight is 623 g/mol. The molecule has 49 heavy (non-hydrogen) atoms. The molecule has 1 aliphatic carbocycles. The predicted molar refractivity (Wildman–Crippen MR) is 210 cm³/mol. The van der Waals surface area contributed by atoms with Gasteiger partial charge in [-0.05, 0) is 111 Å². The Bertz CT molecular complexity index is 2780. The molecule has 0 spiro atoms. The molecule has 0 atom stereocenters. The predicted octanol–water partition coefficient (Wildman–Crippen LogP) is 13.6. The van der Waals surface area contributed by atoms with Gasteiger partial charge in [-0.3, -0.25) is 0 Å². The van der Waals surface area contributed by atoms with Gasteiger partial charge in [0.15, 0.2) is 0 Å².